The summed E-state index contributed by atoms with van der Waals surface area (Å²) >= 11 is 7.79. The van der Waals surface area contributed by atoms with Gasteiger partial charge in [-0.2, -0.15) is 0 Å². The first-order chi connectivity index (χ1) is 22.2. The Morgan fingerprint density at radius 2 is 1.96 bits per heavy atom. The summed E-state index contributed by atoms with van der Waals surface area (Å²) in [6, 6.07) is 14.2. The zero-order chi connectivity index (χ0) is 32.5. The highest BCUT2D eigenvalue weighted by molar-refractivity contribution is 7.07. The second-order valence-corrected chi connectivity index (χ2v) is 11.7. The van der Waals surface area contributed by atoms with Gasteiger partial charge in [0.1, 0.15) is 6.61 Å². The van der Waals surface area contributed by atoms with Gasteiger partial charge < -0.3 is 28.8 Å². The van der Waals surface area contributed by atoms with E-state index >= 15 is 0 Å². The predicted molar refractivity (Wildman–Crippen MR) is 169 cm³/mol. The van der Waals surface area contributed by atoms with Crippen molar-refractivity contribution < 1.29 is 38.4 Å². The Morgan fingerprint density at radius 1 is 1.15 bits per heavy atom. The van der Waals surface area contributed by atoms with Crippen LogP contribution in [-0.4, -0.2) is 42.1 Å². The van der Waals surface area contributed by atoms with Crippen molar-refractivity contribution in [3.63, 3.8) is 0 Å². The van der Waals surface area contributed by atoms with Gasteiger partial charge in [0.05, 0.1) is 46.1 Å². The average molecular weight is 663 g/mol. The van der Waals surface area contributed by atoms with Crippen molar-refractivity contribution in [2.45, 2.75) is 26.5 Å². The van der Waals surface area contributed by atoms with Gasteiger partial charge >= 0.3 is 11.9 Å². The van der Waals surface area contributed by atoms with Gasteiger partial charge in [-0.1, -0.05) is 41.1 Å². The monoisotopic (exact) mass is 662 g/mol. The summed E-state index contributed by atoms with van der Waals surface area (Å²) < 4.78 is 29.7. The van der Waals surface area contributed by atoms with Gasteiger partial charge in [-0.05, 0) is 73.0 Å². The van der Waals surface area contributed by atoms with Crippen LogP contribution in [0.2, 0.25) is 5.02 Å². The quantitative estimate of drug-likeness (QED) is 0.258. The number of methoxy groups -OCH3 is 1. The summed E-state index contributed by atoms with van der Waals surface area (Å²) in [5, 5.41) is 9.51. The smallest absolute Gasteiger partial charge is 0.338 e. The van der Waals surface area contributed by atoms with Crippen LogP contribution in [-0.2, 0) is 16.1 Å². The van der Waals surface area contributed by atoms with Gasteiger partial charge in [0.25, 0.3) is 5.56 Å². The first-order valence-corrected chi connectivity index (χ1v) is 15.3. The van der Waals surface area contributed by atoms with Gasteiger partial charge in [-0.15, -0.1) is 0 Å². The number of thiazole rings is 1. The third kappa shape index (κ3) is 5.84. The molecule has 0 spiro atoms. The predicted octanol–water partition coefficient (Wildman–Crippen LogP) is 4.47. The molecular formula is C33H27ClN2O9S. The number of fused-ring (bicyclic) bond motifs is 2. The highest BCUT2D eigenvalue weighted by Crippen LogP contribution is 2.39. The van der Waals surface area contributed by atoms with Gasteiger partial charge in [0, 0.05) is 0 Å². The zero-order valence-electron chi connectivity index (χ0n) is 24.9. The Labute approximate surface area is 271 Å². The zero-order valence-corrected chi connectivity index (χ0v) is 26.4. The first kappa shape index (κ1) is 30.9. The molecule has 0 radical (unpaired) electrons. The molecule has 3 heterocycles. The standard InChI is InChI=1S/C33H27ClN2O9S/c1-4-42-32(40)27-17(2)35-33-36(28(27)20-8-9-23-24(14-20)45-16-44-23)30(37)26(46-33)13-19-11-22(34)29(25(12-19)41-3)43-15-18-6-5-7-21(10-18)31(38)39/h5-14,28H,4,15-16H2,1-3H3,(H,38,39)/b26-13+/t28-/m1/s1. The topological polar surface area (TPSA) is 135 Å². The van der Waals surface area contributed by atoms with Crippen LogP contribution >= 0.6 is 22.9 Å². The lowest BCUT2D eigenvalue weighted by Crippen LogP contribution is -2.39. The highest BCUT2D eigenvalue weighted by atomic mass is 35.5. The summed E-state index contributed by atoms with van der Waals surface area (Å²) in [7, 11) is 1.46. The van der Waals surface area contributed by atoms with Crippen LogP contribution in [0.1, 0.15) is 46.9 Å². The van der Waals surface area contributed by atoms with E-state index in [2.05, 4.69) is 4.99 Å². The fourth-order valence-corrected chi connectivity index (χ4v) is 6.57. The Kier molecular flexibility index (Phi) is 8.57. The number of rotatable bonds is 9. The third-order valence-corrected chi connectivity index (χ3v) is 8.60. The molecule has 13 heteroatoms. The van der Waals surface area contributed by atoms with E-state index in [0.717, 1.165) is 0 Å². The number of nitrogens with zero attached hydrogens (tertiary/aromatic N) is 2. The molecule has 2 aliphatic rings. The molecule has 3 aromatic carbocycles. The molecule has 1 aromatic heterocycles. The molecule has 0 bridgehead atoms. The van der Waals surface area contributed by atoms with Crippen molar-refractivity contribution in [3.05, 3.63) is 113 Å². The van der Waals surface area contributed by atoms with Crippen LogP contribution in [0.25, 0.3) is 6.08 Å². The Hall–Kier alpha value is -5.07. The Bertz CT molecular complexity index is 2100. The number of allylic oxidation sites excluding steroid dienone is 1. The Morgan fingerprint density at radius 3 is 2.72 bits per heavy atom. The molecule has 0 fully saturated rings. The van der Waals surface area contributed by atoms with E-state index in [-0.39, 0.29) is 47.5 Å². The van der Waals surface area contributed by atoms with Gasteiger partial charge in [-0.3, -0.25) is 9.36 Å². The number of hydrogen-bond donors (Lipinski definition) is 1. The molecule has 6 rings (SSSR count). The molecule has 1 atom stereocenters. The highest BCUT2D eigenvalue weighted by Gasteiger charge is 2.34. The molecule has 0 aliphatic carbocycles. The molecule has 0 unspecified atom stereocenters. The van der Waals surface area contributed by atoms with E-state index in [9.17, 15) is 19.5 Å². The van der Waals surface area contributed by atoms with Crippen molar-refractivity contribution in [2.75, 3.05) is 20.5 Å². The molecule has 0 saturated heterocycles. The van der Waals surface area contributed by atoms with E-state index < -0.39 is 18.0 Å². The van der Waals surface area contributed by atoms with Crippen molar-refractivity contribution >= 4 is 41.0 Å². The number of benzene rings is 3. The minimum atomic E-state index is -1.04. The van der Waals surface area contributed by atoms with Crippen LogP contribution in [0.15, 0.2) is 75.7 Å². The minimum absolute atomic E-state index is 0.0527. The minimum Gasteiger partial charge on any atom is -0.493 e. The maximum atomic E-state index is 14.0. The summed E-state index contributed by atoms with van der Waals surface area (Å²) in [5.74, 6) is 0.0578. The summed E-state index contributed by atoms with van der Waals surface area (Å²) in [4.78, 5) is 43.6. The molecule has 0 amide bonds. The number of carboxylic acids is 1. The fourth-order valence-electron chi connectivity index (χ4n) is 5.25. The summed E-state index contributed by atoms with van der Waals surface area (Å²) in [5.41, 5.74) is 2.30. The van der Waals surface area contributed by atoms with Gasteiger partial charge in [0.2, 0.25) is 6.79 Å². The maximum Gasteiger partial charge on any atom is 0.338 e. The van der Waals surface area contributed by atoms with Crippen LogP contribution in [0.3, 0.4) is 0 Å². The van der Waals surface area contributed by atoms with Crippen LogP contribution in [0, 0.1) is 0 Å². The second-order valence-electron chi connectivity index (χ2n) is 10.2. The fraction of sp³-hybridized carbons (Fsp3) is 0.212. The third-order valence-electron chi connectivity index (χ3n) is 7.34. The molecule has 2 aliphatic heterocycles. The number of hydrogen-bond acceptors (Lipinski definition) is 10. The van der Waals surface area contributed by atoms with Crippen molar-refractivity contribution in [2.24, 2.45) is 4.99 Å². The molecule has 46 heavy (non-hydrogen) atoms. The molecule has 0 saturated carbocycles. The number of carbonyl (C=O) groups excluding carboxylic acids is 1. The molecule has 11 nitrogen and oxygen atoms in total. The number of esters is 1. The van der Waals surface area contributed by atoms with E-state index in [1.165, 1.54) is 35.1 Å². The number of aromatic nitrogens is 1. The van der Waals surface area contributed by atoms with E-state index in [4.69, 9.17) is 35.3 Å². The van der Waals surface area contributed by atoms with Gasteiger partial charge in [-0.25, -0.2) is 14.6 Å². The second kappa shape index (κ2) is 12.7. The van der Waals surface area contributed by atoms with E-state index in [1.807, 2.05) is 0 Å². The lowest BCUT2D eigenvalue weighted by atomic mass is 9.95. The van der Waals surface area contributed by atoms with Crippen molar-refractivity contribution in [1.82, 2.24) is 4.57 Å². The number of carbonyl (C=O) groups is 2. The van der Waals surface area contributed by atoms with Gasteiger partial charge in [0.15, 0.2) is 27.8 Å². The largest absolute Gasteiger partial charge is 0.493 e. The van der Waals surface area contributed by atoms with Crippen molar-refractivity contribution in [1.29, 1.82) is 0 Å². The number of halogens is 1. The first-order valence-electron chi connectivity index (χ1n) is 14.1. The number of carboxylic acid groups (broad SMARTS) is 1. The van der Waals surface area contributed by atoms with Crippen molar-refractivity contribution in [3.8, 4) is 23.0 Å². The van der Waals surface area contributed by atoms with Crippen LogP contribution in [0.4, 0.5) is 0 Å². The normalized spacial score (nSPS) is 15.3. The van der Waals surface area contributed by atoms with E-state index in [0.29, 0.717) is 49.0 Å². The summed E-state index contributed by atoms with van der Waals surface area (Å²) in [6.07, 6.45) is 1.67. The van der Waals surface area contributed by atoms with Crippen LogP contribution < -0.4 is 33.8 Å². The lowest BCUT2D eigenvalue weighted by molar-refractivity contribution is -0.139. The molecule has 4 aromatic rings. The molecular weight excluding hydrogens is 636 g/mol. The lowest BCUT2D eigenvalue weighted by Gasteiger charge is -2.24. The Balaban J connectivity index is 1.39. The van der Waals surface area contributed by atoms with E-state index in [1.54, 1.807) is 62.4 Å². The molecule has 236 valence electrons. The maximum absolute atomic E-state index is 14.0. The number of aromatic carboxylic acids is 1. The SMILES string of the molecule is CCOC(=O)C1=C(C)N=c2s/c(=C/c3cc(Cl)c(OCc4cccc(C(=O)O)c4)c(OC)c3)c(=O)n2[C@@H]1c1ccc2c(c1)OCO2. The average Bonchev–Trinajstić information content (AvgIpc) is 3.63. The molecule has 1 N–H and O–H groups in total. The summed E-state index contributed by atoms with van der Waals surface area (Å²) in [6.45, 7) is 3.72. The van der Waals surface area contributed by atoms with Crippen LogP contribution in [0.5, 0.6) is 23.0 Å². The number of ether oxygens (including phenoxy) is 5.